The molecule has 1 amide bonds. The third kappa shape index (κ3) is 4.30. The Morgan fingerprint density at radius 3 is 2.56 bits per heavy atom. The average Bonchev–Trinajstić information content (AvgIpc) is 2.68. The Balaban J connectivity index is 1.51. The van der Waals surface area contributed by atoms with Crippen molar-refractivity contribution in [3.05, 3.63) is 48.7 Å². The summed E-state index contributed by atoms with van der Waals surface area (Å²) in [5, 5.41) is 0. The molecule has 2 aromatic rings. The number of aromatic nitrogens is 3. The highest BCUT2D eigenvalue weighted by Gasteiger charge is 2.24. The highest BCUT2D eigenvalue weighted by atomic mass is 16.2. The average molecular weight is 340 g/mol. The van der Waals surface area contributed by atoms with Crippen LogP contribution in [0.5, 0.6) is 0 Å². The van der Waals surface area contributed by atoms with Gasteiger partial charge in [-0.05, 0) is 25.6 Å². The lowest BCUT2D eigenvalue weighted by Crippen LogP contribution is -2.51. The van der Waals surface area contributed by atoms with Gasteiger partial charge in [-0.3, -0.25) is 19.7 Å². The van der Waals surface area contributed by atoms with Gasteiger partial charge in [0, 0.05) is 57.0 Å². The van der Waals surface area contributed by atoms with E-state index in [4.69, 9.17) is 0 Å². The Bertz CT molecular complexity index is 672. The number of amides is 1. The van der Waals surface area contributed by atoms with E-state index < -0.39 is 0 Å². The van der Waals surface area contributed by atoms with E-state index in [0.717, 1.165) is 24.5 Å². The van der Waals surface area contributed by atoms with E-state index in [1.165, 1.54) is 0 Å². The van der Waals surface area contributed by atoms with E-state index in [9.17, 15) is 4.79 Å². The van der Waals surface area contributed by atoms with Gasteiger partial charge in [0.15, 0.2) is 0 Å². The number of hydrogen-bond acceptors (Lipinski definition) is 6. The smallest absolute Gasteiger partial charge is 0.236 e. The molecule has 0 radical (unpaired) electrons. The van der Waals surface area contributed by atoms with Crippen LogP contribution in [0.3, 0.4) is 0 Å². The first-order valence-electron chi connectivity index (χ1n) is 8.54. The summed E-state index contributed by atoms with van der Waals surface area (Å²) in [6, 6.07) is 4.12. The third-order valence-electron chi connectivity index (χ3n) is 4.72. The maximum Gasteiger partial charge on any atom is 0.236 e. The van der Waals surface area contributed by atoms with Crippen LogP contribution in [0.1, 0.15) is 18.5 Å². The van der Waals surface area contributed by atoms with Crippen LogP contribution in [0.4, 0.5) is 5.82 Å². The predicted octanol–water partition coefficient (Wildman–Crippen LogP) is 1.21. The Morgan fingerprint density at radius 2 is 1.92 bits per heavy atom. The molecule has 7 nitrogen and oxygen atoms in total. The first-order valence-corrected chi connectivity index (χ1v) is 8.54. The molecule has 0 aromatic carbocycles. The molecule has 3 heterocycles. The molecule has 132 valence electrons. The van der Waals surface area contributed by atoms with Crippen LogP contribution < -0.4 is 4.90 Å². The van der Waals surface area contributed by atoms with Crippen molar-refractivity contribution < 1.29 is 4.79 Å². The Labute approximate surface area is 148 Å². The monoisotopic (exact) mass is 340 g/mol. The molecule has 0 saturated carbocycles. The van der Waals surface area contributed by atoms with E-state index in [2.05, 4.69) is 31.7 Å². The zero-order chi connectivity index (χ0) is 17.6. The molecule has 1 fully saturated rings. The minimum atomic E-state index is 0.151. The number of nitrogens with zero attached hydrogens (tertiary/aromatic N) is 6. The molecule has 2 aromatic heterocycles. The molecule has 0 aliphatic carbocycles. The van der Waals surface area contributed by atoms with Crippen LogP contribution in [0.15, 0.2) is 43.1 Å². The van der Waals surface area contributed by atoms with Crippen LogP contribution in [0.25, 0.3) is 0 Å². The second-order valence-corrected chi connectivity index (χ2v) is 6.31. The van der Waals surface area contributed by atoms with Crippen LogP contribution in [-0.2, 0) is 4.79 Å². The molecule has 7 heteroatoms. The van der Waals surface area contributed by atoms with Gasteiger partial charge in [-0.15, -0.1) is 0 Å². The molecule has 0 N–H and O–H groups in total. The minimum absolute atomic E-state index is 0.151. The quantitative estimate of drug-likeness (QED) is 0.815. The van der Waals surface area contributed by atoms with Gasteiger partial charge in [0.25, 0.3) is 0 Å². The van der Waals surface area contributed by atoms with E-state index in [-0.39, 0.29) is 11.9 Å². The number of carbonyl (C=O) groups excluding carboxylic acids is 1. The molecule has 0 bridgehead atoms. The van der Waals surface area contributed by atoms with Crippen molar-refractivity contribution in [2.45, 2.75) is 13.0 Å². The first kappa shape index (κ1) is 17.3. The lowest BCUT2D eigenvalue weighted by molar-refractivity contribution is -0.132. The van der Waals surface area contributed by atoms with Gasteiger partial charge in [0.2, 0.25) is 5.91 Å². The number of pyridine rings is 1. The van der Waals surface area contributed by atoms with Crippen LogP contribution >= 0.6 is 0 Å². The maximum atomic E-state index is 12.6. The van der Waals surface area contributed by atoms with Gasteiger partial charge in [-0.25, -0.2) is 4.98 Å². The van der Waals surface area contributed by atoms with Crippen molar-refractivity contribution in [1.29, 1.82) is 0 Å². The predicted molar refractivity (Wildman–Crippen MR) is 96.1 cm³/mol. The molecule has 1 aliphatic rings. The van der Waals surface area contributed by atoms with Crippen molar-refractivity contribution in [3.63, 3.8) is 0 Å². The lowest BCUT2D eigenvalue weighted by atomic mass is 10.1. The van der Waals surface area contributed by atoms with E-state index in [0.29, 0.717) is 19.6 Å². The highest BCUT2D eigenvalue weighted by molar-refractivity contribution is 5.78. The van der Waals surface area contributed by atoms with Crippen molar-refractivity contribution in [3.8, 4) is 0 Å². The number of hydrogen-bond donors (Lipinski definition) is 0. The van der Waals surface area contributed by atoms with Gasteiger partial charge < -0.3 is 9.80 Å². The maximum absolute atomic E-state index is 12.6. The summed E-state index contributed by atoms with van der Waals surface area (Å²) < 4.78 is 0. The Hall–Kier alpha value is -2.54. The van der Waals surface area contributed by atoms with Crippen molar-refractivity contribution in [2.75, 3.05) is 44.7 Å². The largest absolute Gasteiger partial charge is 0.352 e. The normalized spacial score (nSPS) is 16.1. The third-order valence-corrected chi connectivity index (χ3v) is 4.72. The summed E-state index contributed by atoms with van der Waals surface area (Å²) in [5.74, 6) is 1.04. The summed E-state index contributed by atoms with van der Waals surface area (Å²) >= 11 is 0. The summed E-state index contributed by atoms with van der Waals surface area (Å²) in [6.07, 6.45) is 8.74. The molecule has 1 unspecified atom stereocenters. The van der Waals surface area contributed by atoms with E-state index in [1.54, 1.807) is 24.8 Å². The lowest BCUT2D eigenvalue weighted by Gasteiger charge is -2.36. The molecular weight excluding hydrogens is 316 g/mol. The molecule has 1 aliphatic heterocycles. The second kappa shape index (κ2) is 8.02. The molecule has 1 atom stereocenters. The fourth-order valence-corrected chi connectivity index (χ4v) is 2.97. The van der Waals surface area contributed by atoms with Crippen molar-refractivity contribution >= 4 is 11.7 Å². The minimum Gasteiger partial charge on any atom is -0.352 e. The zero-order valence-electron chi connectivity index (χ0n) is 14.7. The molecule has 0 spiro atoms. The number of piperazine rings is 1. The van der Waals surface area contributed by atoms with Gasteiger partial charge >= 0.3 is 0 Å². The topological polar surface area (TPSA) is 65.5 Å². The van der Waals surface area contributed by atoms with Gasteiger partial charge in [-0.2, -0.15) is 0 Å². The van der Waals surface area contributed by atoms with E-state index >= 15 is 0 Å². The summed E-state index contributed by atoms with van der Waals surface area (Å²) in [7, 11) is 1.98. The number of anilines is 1. The molecule has 1 saturated heterocycles. The molecule has 25 heavy (non-hydrogen) atoms. The SMILES string of the molecule is CC(c1cccnc1)N(C)CC(=O)N1CCN(c2cnccn2)CC1. The van der Waals surface area contributed by atoms with Crippen molar-refractivity contribution in [2.24, 2.45) is 0 Å². The van der Waals surface area contributed by atoms with Gasteiger partial charge in [-0.1, -0.05) is 6.07 Å². The Kier molecular flexibility index (Phi) is 5.55. The molecule has 3 rings (SSSR count). The summed E-state index contributed by atoms with van der Waals surface area (Å²) in [5.41, 5.74) is 1.12. The number of likely N-dealkylation sites (N-methyl/N-ethyl adjacent to an activating group) is 1. The first-order chi connectivity index (χ1) is 12.1. The zero-order valence-corrected chi connectivity index (χ0v) is 14.7. The van der Waals surface area contributed by atoms with Gasteiger partial charge in [0.1, 0.15) is 5.82 Å². The Morgan fingerprint density at radius 1 is 1.16 bits per heavy atom. The second-order valence-electron chi connectivity index (χ2n) is 6.31. The van der Waals surface area contributed by atoms with Crippen LogP contribution in [-0.4, -0.2) is 70.4 Å². The number of rotatable bonds is 5. The number of carbonyl (C=O) groups is 1. The molecular formula is C18H24N6O. The standard InChI is InChI=1S/C18H24N6O/c1-15(16-4-3-5-19-12-16)22(2)14-18(25)24-10-8-23(9-11-24)17-13-20-6-7-21-17/h3-7,12-13,15H,8-11,14H2,1-2H3. The summed E-state index contributed by atoms with van der Waals surface area (Å²) in [4.78, 5) is 31.4. The fourth-order valence-electron chi connectivity index (χ4n) is 2.97. The fraction of sp³-hybridized carbons (Fsp3) is 0.444. The van der Waals surface area contributed by atoms with Crippen molar-refractivity contribution in [1.82, 2.24) is 24.8 Å². The van der Waals surface area contributed by atoms with E-state index in [1.807, 2.05) is 30.3 Å². The highest BCUT2D eigenvalue weighted by Crippen LogP contribution is 2.18. The van der Waals surface area contributed by atoms with Gasteiger partial charge in [0.05, 0.1) is 12.7 Å². The summed E-state index contributed by atoms with van der Waals surface area (Å²) in [6.45, 7) is 5.49. The van der Waals surface area contributed by atoms with Crippen LogP contribution in [0, 0.1) is 0 Å². The van der Waals surface area contributed by atoms with Crippen LogP contribution in [0.2, 0.25) is 0 Å².